The standard InChI is InChI=1S/C8H8ClNO2S/c9-6-3-1-2-4-7(6)13-10-5-8(11)12/h1-4,10H,5H2,(H,11,12). The number of hydrogen-bond acceptors (Lipinski definition) is 3. The highest BCUT2D eigenvalue weighted by Crippen LogP contribution is 2.23. The quantitative estimate of drug-likeness (QED) is 0.758. The summed E-state index contributed by atoms with van der Waals surface area (Å²) in [5, 5.41) is 8.97. The van der Waals surface area contributed by atoms with Crippen LogP contribution in [0.3, 0.4) is 0 Å². The smallest absolute Gasteiger partial charge is 0.318 e. The van der Waals surface area contributed by atoms with E-state index in [-0.39, 0.29) is 6.54 Å². The van der Waals surface area contributed by atoms with Gasteiger partial charge in [-0.2, -0.15) is 0 Å². The number of carboxylic acid groups (broad SMARTS) is 1. The Balaban J connectivity index is 2.45. The van der Waals surface area contributed by atoms with Crippen molar-refractivity contribution in [1.29, 1.82) is 0 Å². The summed E-state index contributed by atoms with van der Waals surface area (Å²) in [6.45, 7) is -0.0874. The van der Waals surface area contributed by atoms with Crippen LogP contribution < -0.4 is 4.72 Å². The number of carbonyl (C=O) groups is 1. The third kappa shape index (κ3) is 3.67. The Bertz CT molecular complexity index is 306. The first-order chi connectivity index (χ1) is 6.20. The van der Waals surface area contributed by atoms with Crippen molar-refractivity contribution in [2.24, 2.45) is 0 Å². The van der Waals surface area contributed by atoms with Crippen molar-refractivity contribution in [3.63, 3.8) is 0 Å². The molecule has 5 heteroatoms. The molecule has 0 saturated heterocycles. The summed E-state index contributed by atoms with van der Waals surface area (Å²) in [5.41, 5.74) is 0. The van der Waals surface area contributed by atoms with E-state index in [9.17, 15) is 4.79 Å². The highest BCUT2D eigenvalue weighted by Gasteiger charge is 2.00. The van der Waals surface area contributed by atoms with Gasteiger partial charge in [-0.15, -0.1) is 0 Å². The lowest BCUT2D eigenvalue weighted by molar-refractivity contribution is -0.135. The molecular formula is C8H8ClNO2S. The Morgan fingerprint density at radius 3 is 2.85 bits per heavy atom. The van der Waals surface area contributed by atoms with Gasteiger partial charge in [-0.25, -0.2) is 4.72 Å². The molecule has 2 N–H and O–H groups in total. The van der Waals surface area contributed by atoms with Gasteiger partial charge in [0.2, 0.25) is 0 Å². The van der Waals surface area contributed by atoms with Crippen LogP contribution in [0.2, 0.25) is 5.02 Å². The number of halogens is 1. The van der Waals surface area contributed by atoms with E-state index in [0.717, 1.165) is 4.90 Å². The lowest BCUT2D eigenvalue weighted by atomic mass is 10.4. The number of nitrogens with one attached hydrogen (secondary N) is 1. The van der Waals surface area contributed by atoms with Gasteiger partial charge in [0.05, 0.1) is 5.02 Å². The zero-order valence-corrected chi connectivity index (χ0v) is 8.23. The average molecular weight is 218 g/mol. The molecule has 0 saturated carbocycles. The summed E-state index contributed by atoms with van der Waals surface area (Å²) >= 11 is 7.04. The lowest BCUT2D eigenvalue weighted by Crippen LogP contribution is -2.15. The second-order valence-corrected chi connectivity index (χ2v) is 3.59. The van der Waals surface area contributed by atoms with Crippen molar-refractivity contribution in [3.8, 4) is 0 Å². The van der Waals surface area contributed by atoms with E-state index in [0.29, 0.717) is 5.02 Å². The highest BCUT2D eigenvalue weighted by molar-refractivity contribution is 7.97. The molecule has 0 fully saturated rings. The van der Waals surface area contributed by atoms with Gasteiger partial charge in [0.15, 0.2) is 0 Å². The summed E-state index contributed by atoms with van der Waals surface area (Å²) in [7, 11) is 0. The van der Waals surface area contributed by atoms with Crippen molar-refractivity contribution in [2.45, 2.75) is 4.90 Å². The number of aliphatic carboxylic acids is 1. The molecule has 3 nitrogen and oxygen atoms in total. The van der Waals surface area contributed by atoms with E-state index >= 15 is 0 Å². The Labute approximate surface area is 85.2 Å². The fourth-order valence-corrected chi connectivity index (χ4v) is 1.62. The van der Waals surface area contributed by atoms with Crippen LogP contribution in [0, 0.1) is 0 Å². The van der Waals surface area contributed by atoms with E-state index in [4.69, 9.17) is 16.7 Å². The zero-order valence-electron chi connectivity index (χ0n) is 6.66. The highest BCUT2D eigenvalue weighted by atomic mass is 35.5. The van der Waals surface area contributed by atoms with Crippen LogP contribution in [0.5, 0.6) is 0 Å². The first kappa shape index (κ1) is 10.4. The Morgan fingerprint density at radius 2 is 2.23 bits per heavy atom. The Morgan fingerprint density at radius 1 is 1.54 bits per heavy atom. The van der Waals surface area contributed by atoms with Gasteiger partial charge in [0, 0.05) is 4.90 Å². The molecule has 0 radical (unpaired) electrons. The molecule has 1 rings (SSSR count). The minimum absolute atomic E-state index is 0.0874. The molecule has 70 valence electrons. The van der Waals surface area contributed by atoms with Crippen LogP contribution in [-0.4, -0.2) is 17.6 Å². The SMILES string of the molecule is O=C(O)CNSc1ccccc1Cl. The minimum atomic E-state index is -0.889. The number of hydrogen-bond donors (Lipinski definition) is 2. The molecule has 0 spiro atoms. The Kier molecular flexibility index (Phi) is 4.08. The lowest BCUT2D eigenvalue weighted by Gasteiger charge is -2.02. The van der Waals surface area contributed by atoms with E-state index in [1.165, 1.54) is 11.9 Å². The molecule has 0 aliphatic heterocycles. The van der Waals surface area contributed by atoms with Crippen LogP contribution in [-0.2, 0) is 4.79 Å². The van der Waals surface area contributed by atoms with Gasteiger partial charge in [0.25, 0.3) is 0 Å². The molecule has 1 aromatic rings. The molecule has 0 aliphatic carbocycles. The average Bonchev–Trinajstić information content (AvgIpc) is 2.08. The topological polar surface area (TPSA) is 49.3 Å². The predicted molar refractivity (Wildman–Crippen MR) is 52.9 cm³/mol. The summed E-state index contributed by atoms with van der Waals surface area (Å²) in [6, 6.07) is 7.24. The molecule has 1 aromatic carbocycles. The van der Waals surface area contributed by atoms with E-state index in [2.05, 4.69) is 4.72 Å². The fraction of sp³-hybridized carbons (Fsp3) is 0.125. The number of rotatable bonds is 4. The second-order valence-electron chi connectivity index (χ2n) is 2.25. The Hall–Kier alpha value is -0.710. The van der Waals surface area contributed by atoms with Gasteiger partial charge >= 0.3 is 5.97 Å². The molecule has 0 atom stereocenters. The first-order valence-corrected chi connectivity index (χ1v) is 4.75. The van der Waals surface area contributed by atoms with Crippen molar-refractivity contribution in [2.75, 3.05) is 6.54 Å². The van der Waals surface area contributed by atoms with E-state index in [1.807, 2.05) is 18.2 Å². The molecule has 0 bridgehead atoms. The molecule has 13 heavy (non-hydrogen) atoms. The van der Waals surface area contributed by atoms with Gasteiger partial charge in [-0.1, -0.05) is 23.7 Å². The normalized spacial score (nSPS) is 9.92. The van der Waals surface area contributed by atoms with Crippen molar-refractivity contribution < 1.29 is 9.90 Å². The first-order valence-electron chi connectivity index (χ1n) is 3.56. The third-order valence-corrected chi connectivity index (χ3v) is 2.55. The van der Waals surface area contributed by atoms with Crippen LogP contribution in [0.25, 0.3) is 0 Å². The fourth-order valence-electron chi connectivity index (χ4n) is 0.703. The second kappa shape index (κ2) is 5.11. The van der Waals surface area contributed by atoms with Crippen LogP contribution in [0.15, 0.2) is 29.2 Å². The zero-order chi connectivity index (χ0) is 9.68. The van der Waals surface area contributed by atoms with Gasteiger partial charge in [-0.05, 0) is 24.1 Å². The third-order valence-electron chi connectivity index (χ3n) is 1.24. The number of benzene rings is 1. The maximum absolute atomic E-state index is 10.2. The summed E-state index contributed by atoms with van der Waals surface area (Å²) in [4.78, 5) is 11.0. The molecule has 0 heterocycles. The molecule has 0 unspecified atom stereocenters. The molecular weight excluding hydrogens is 210 g/mol. The van der Waals surface area contributed by atoms with Crippen LogP contribution in [0.4, 0.5) is 0 Å². The van der Waals surface area contributed by atoms with Gasteiger partial charge < -0.3 is 5.11 Å². The maximum atomic E-state index is 10.2. The van der Waals surface area contributed by atoms with Crippen molar-refractivity contribution >= 4 is 29.5 Å². The van der Waals surface area contributed by atoms with E-state index < -0.39 is 5.97 Å². The molecule has 0 aromatic heterocycles. The van der Waals surface area contributed by atoms with Crippen molar-refractivity contribution in [3.05, 3.63) is 29.3 Å². The van der Waals surface area contributed by atoms with Crippen LogP contribution >= 0.6 is 23.5 Å². The van der Waals surface area contributed by atoms with Gasteiger partial charge in [0.1, 0.15) is 6.54 Å². The molecule has 0 amide bonds. The summed E-state index contributed by atoms with van der Waals surface area (Å²) < 4.78 is 2.67. The van der Waals surface area contributed by atoms with E-state index in [1.54, 1.807) is 6.07 Å². The molecule has 0 aliphatic rings. The predicted octanol–water partition coefficient (Wildman–Crippen LogP) is 2.02. The van der Waals surface area contributed by atoms with Crippen LogP contribution in [0.1, 0.15) is 0 Å². The largest absolute Gasteiger partial charge is 0.480 e. The summed E-state index contributed by atoms with van der Waals surface area (Å²) in [6.07, 6.45) is 0. The monoisotopic (exact) mass is 217 g/mol. The van der Waals surface area contributed by atoms with Gasteiger partial charge in [-0.3, -0.25) is 4.79 Å². The summed E-state index contributed by atoms with van der Waals surface area (Å²) in [5.74, 6) is -0.889. The minimum Gasteiger partial charge on any atom is -0.480 e. The maximum Gasteiger partial charge on any atom is 0.318 e. The van der Waals surface area contributed by atoms with Crippen molar-refractivity contribution in [1.82, 2.24) is 4.72 Å². The number of carboxylic acids is 1.